The minimum atomic E-state index is 0.426. The van der Waals surface area contributed by atoms with Crippen molar-refractivity contribution in [3.8, 4) is 0 Å². The first-order valence-electron chi connectivity index (χ1n) is 8.29. The van der Waals surface area contributed by atoms with Crippen molar-refractivity contribution in [1.29, 1.82) is 0 Å². The van der Waals surface area contributed by atoms with Crippen LogP contribution in [-0.4, -0.2) is 30.6 Å². The van der Waals surface area contributed by atoms with Crippen LogP contribution in [0.3, 0.4) is 0 Å². The molecule has 0 aliphatic heterocycles. The fourth-order valence-corrected chi connectivity index (χ4v) is 3.36. The van der Waals surface area contributed by atoms with Gasteiger partial charge >= 0.3 is 0 Å². The lowest BCUT2D eigenvalue weighted by molar-refractivity contribution is 0.142. The molecule has 2 N–H and O–H groups in total. The van der Waals surface area contributed by atoms with Gasteiger partial charge in [-0.25, -0.2) is 0 Å². The van der Waals surface area contributed by atoms with E-state index < -0.39 is 0 Å². The third-order valence-electron chi connectivity index (χ3n) is 4.46. The third kappa shape index (κ3) is 5.10. The van der Waals surface area contributed by atoms with Crippen LogP contribution in [0.5, 0.6) is 0 Å². The molecule has 0 saturated heterocycles. The molecule has 2 rings (SSSR count). The summed E-state index contributed by atoms with van der Waals surface area (Å²) in [7, 11) is 1.75. The SMILES string of the molecule is CCCN(Cc1cccc(COC)c1)C1CCC(N)CC1. The van der Waals surface area contributed by atoms with Crippen molar-refractivity contribution in [3.05, 3.63) is 35.4 Å². The quantitative estimate of drug-likeness (QED) is 0.837. The second-order valence-corrected chi connectivity index (χ2v) is 6.29. The number of ether oxygens (including phenoxy) is 1. The molecule has 1 saturated carbocycles. The smallest absolute Gasteiger partial charge is 0.0713 e. The van der Waals surface area contributed by atoms with Gasteiger partial charge in [0.05, 0.1) is 6.61 Å². The molecule has 21 heavy (non-hydrogen) atoms. The van der Waals surface area contributed by atoms with Crippen molar-refractivity contribution in [2.45, 2.75) is 64.3 Å². The summed E-state index contributed by atoms with van der Waals surface area (Å²) >= 11 is 0. The maximum Gasteiger partial charge on any atom is 0.0713 e. The highest BCUT2D eigenvalue weighted by Gasteiger charge is 2.23. The highest BCUT2D eigenvalue weighted by molar-refractivity contribution is 5.23. The molecule has 1 aliphatic rings. The number of benzene rings is 1. The fraction of sp³-hybridized carbons (Fsp3) is 0.667. The molecule has 0 aromatic heterocycles. The maximum absolute atomic E-state index is 6.04. The van der Waals surface area contributed by atoms with Gasteiger partial charge in [-0.05, 0) is 49.8 Å². The molecule has 118 valence electrons. The Morgan fingerprint density at radius 3 is 2.57 bits per heavy atom. The van der Waals surface area contributed by atoms with Gasteiger partial charge in [0.15, 0.2) is 0 Å². The predicted molar refractivity (Wildman–Crippen MR) is 88.1 cm³/mol. The normalized spacial score (nSPS) is 22.7. The Morgan fingerprint density at radius 1 is 1.19 bits per heavy atom. The molecule has 1 aromatic rings. The van der Waals surface area contributed by atoms with Gasteiger partial charge in [0, 0.05) is 25.7 Å². The Morgan fingerprint density at radius 2 is 1.90 bits per heavy atom. The van der Waals surface area contributed by atoms with Gasteiger partial charge in [0.2, 0.25) is 0 Å². The Kier molecular flexibility index (Phi) is 6.68. The molecule has 3 nitrogen and oxygen atoms in total. The first-order valence-corrected chi connectivity index (χ1v) is 8.29. The van der Waals surface area contributed by atoms with Crippen LogP contribution in [0.25, 0.3) is 0 Å². The number of hydrogen-bond donors (Lipinski definition) is 1. The zero-order chi connectivity index (χ0) is 15.1. The number of hydrogen-bond acceptors (Lipinski definition) is 3. The molecule has 3 heteroatoms. The van der Waals surface area contributed by atoms with Crippen molar-refractivity contribution in [2.24, 2.45) is 5.73 Å². The van der Waals surface area contributed by atoms with E-state index >= 15 is 0 Å². The van der Waals surface area contributed by atoms with E-state index in [4.69, 9.17) is 10.5 Å². The Hall–Kier alpha value is -0.900. The van der Waals surface area contributed by atoms with Gasteiger partial charge in [0.25, 0.3) is 0 Å². The van der Waals surface area contributed by atoms with Crippen molar-refractivity contribution in [2.75, 3.05) is 13.7 Å². The third-order valence-corrected chi connectivity index (χ3v) is 4.46. The molecule has 1 aromatic carbocycles. The van der Waals surface area contributed by atoms with E-state index in [1.807, 2.05) is 0 Å². The van der Waals surface area contributed by atoms with E-state index in [1.165, 1.54) is 49.8 Å². The van der Waals surface area contributed by atoms with Crippen LogP contribution in [-0.2, 0) is 17.9 Å². The average molecular weight is 290 g/mol. The predicted octanol–water partition coefficient (Wildman–Crippen LogP) is 3.31. The minimum Gasteiger partial charge on any atom is -0.380 e. The highest BCUT2D eigenvalue weighted by Crippen LogP contribution is 2.24. The lowest BCUT2D eigenvalue weighted by atomic mass is 9.90. The van der Waals surface area contributed by atoms with Crippen LogP contribution < -0.4 is 5.73 Å². The van der Waals surface area contributed by atoms with Crippen LogP contribution in [0.4, 0.5) is 0 Å². The monoisotopic (exact) mass is 290 g/mol. The minimum absolute atomic E-state index is 0.426. The van der Waals surface area contributed by atoms with Crippen LogP contribution in [0.1, 0.15) is 50.2 Å². The Balaban J connectivity index is 2.00. The van der Waals surface area contributed by atoms with Crippen molar-refractivity contribution in [1.82, 2.24) is 4.90 Å². The number of rotatable bonds is 7. The van der Waals surface area contributed by atoms with E-state index in [0.29, 0.717) is 18.7 Å². The van der Waals surface area contributed by atoms with E-state index in [2.05, 4.69) is 36.1 Å². The maximum atomic E-state index is 6.04. The summed E-state index contributed by atoms with van der Waals surface area (Å²) in [5.41, 5.74) is 8.70. The molecular weight excluding hydrogens is 260 g/mol. The van der Waals surface area contributed by atoms with Gasteiger partial charge in [-0.15, -0.1) is 0 Å². The largest absolute Gasteiger partial charge is 0.380 e. The molecule has 0 heterocycles. The lowest BCUT2D eigenvalue weighted by Gasteiger charge is -2.36. The second kappa shape index (κ2) is 8.52. The van der Waals surface area contributed by atoms with Crippen LogP contribution in [0, 0.1) is 0 Å². The molecular formula is C18H30N2O. The number of nitrogens with two attached hydrogens (primary N) is 1. The van der Waals surface area contributed by atoms with Gasteiger partial charge in [-0.1, -0.05) is 31.2 Å². The van der Waals surface area contributed by atoms with Crippen molar-refractivity contribution < 1.29 is 4.74 Å². The lowest BCUT2D eigenvalue weighted by Crippen LogP contribution is -2.40. The summed E-state index contributed by atoms with van der Waals surface area (Å²) in [5, 5.41) is 0. The summed E-state index contributed by atoms with van der Waals surface area (Å²) < 4.78 is 5.24. The first-order chi connectivity index (χ1) is 10.2. The van der Waals surface area contributed by atoms with Crippen molar-refractivity contribution in [3.63, 3.8) is 0 Å². The van der Waals surface area contributed by atoms with E-state index in [9.17, 15) is 0 Å². The zero-order valence-electron chi connectivity index (χ0n) is 13.6. The molecule has 0 amide bonds. The van der Waals surface area contributed by atoms with E-state index in [-0.39, 0.29) is 0 Å². The van der Waals surface area contributed by atoms with Crippen LogP contribution in [0.15, 0.2) is 24.3 Å². The fourth-order valence-electron chi connectivity index (χ4n) is 3.36. The molecule has 0 bridgehead atoms. The molecule has 0 radical (unpaired) electrons. The zero-order valence-corrected chi connectivity index (χ0v) is 13.6. The highest BCUT2D eigenvalue weighted by atomic mass is 16.5. The van der Waals surface area contributed by atoms with Gasteiger partial charge in [0.1, 0.15) is 0 Å². The molecule has 0 unspecified atom stereocenters. The number of nitrogens with zero attached hydrogens (tertiary/aromatic N) is 1. The molecule has 1 aliphatic carbocycles. The molecule has 0 atom stereocenters. The van der Waals surface area contributed by atoms with E-state index in [0.717, 1.165) is 6.54 Å². The topological polar surface area (TPSA) is 38.5 Å². The van der Waals surface area contributed by atoms with Crippen LogP contribution in [0.2, 0.25) is 0 Å². The van der Waals surface area contributed by atoms with Gasteiger partial charge in [-0.3, -0.25) is 4.90 Å². The summed E-state index contributed by atoms with van der Waals surface area (Å²) in [6.45, 7) is 5.18. The summed E-state index contributed by atoms with van der Waals surface area (Å²) in [6, 6.07) is 9.92. The summed E-state index contributed by atoms with van der Waals surface area (Å²) in [5.74, 6) is 0. The summed E-state index contributed by atoms with van der Waals surface area (Å²) in [6.07, 6.45) is 6.06. The summed E-state index contributed by atoms with van der Waals surface area (Å²) in [4.78, 5) is 2.65. The first kappa shape index (κ1) is 16.5. The molecule has 1 fully saturated rings. The van der Waals surface area contributed by atoms with Gasteiger partial charge in [-0.2, -0.15) is 0 Å². The Labute approximate surface area is 129 Å². The second-order valence-electron chi connectivity index (χ2n) is 6.29. The van der Waals surface area contributed by atoms with Gasteiger partial charge < -0.3 is 10.5 Å². The Bertz CT molecular complexity index is 413. The average Bonchev–Trinajstić information content (AvgIpc) is 2.48. The van der Waals surface area contributed by atoms with Crippen LogP contribution >= 0.6 is 0 Å². The van der Waals surface area contributed by atoms with E-state index in [1.54, 1.807) is 7.11 Å². The number of methoxy groups -OCH3 is 1. The standard InChI is InChI=1S/C18H30N2O/c1-3-11-20(18-9-7-17(19)8-10-18)13-15-5-4-6-16(12-15)14-21-2/h4-6,12,17-18H,3,7-11,13-14,19H2,1-2H3. The molecule has 0 spiro atoms. The van der Waals surface area contributed by atoms with Crippen molar-refractivity contribution >= 4 is 0 Å².